The predicted octanol–water partition coefficient (Wildman–Crippen LogP) is 6.46. The summed E-state index contributed by atoms with van der Waals surface area (Å²) in [4.78, 5) is 50.4. The van der Waals surface area contributed by atoms with Crippen molar-refractivity contribution in [2.75, 3.05) is 4.90 Å². The molecule has 0 bridgehead atoms. The number of benzene rings is 1. The molecule has 1 saturated heterocycles. The van der Waals surface area contributed by atoms with Crippen molar-refractivity contribution < 1.29 is 38.3 Å². The monoisotopic (exact) mass is 640 g/mol. The fraction of sp³-hybridized carbons (Fsp3) is 0.667. The summed E-state index contributed by atoms with van der Waals surface area (Å²) in [7, 11) is -0.550. The standard InChI is InChI=1S/C33H49BN4O8/c1-12-20-17-22(34-45-32(8,9)33(10,11)46-34)18-21-19-35-26(36-25(20)21)37(27(39)40)23-13-15-24(16-14-23)38(28(41)43-30(2,3)4)29(42)44-31(5,6)7/h17-19,23-24H,12-16H2,1-11H3,(H,39,40). The van der Waals surface area contributed by atoms with E-state index in [1.54, 1.807) is 47.7 Å². The normalized spacial score (nSPS) is 21.2. The van der Waals surface area contributed by atoms with E-state index in [2.05, 4.69) is 4.98 Å². The molecule has 12 nitrogen and oxygen atoms in total. The van der Waals surface area contributed by atoms with Gasteiger partial charge >= 0.3 is 25.4 Å². The van der Waals surface area contributed by atoms with Crippen LogP contribution in [0.2, 0.25) is 0 Å². The number of carbonyl (C=O) groups excluding carboxylic acids is 2. The number of aromatic nitrogens is 2. The van der Waals surface area contributed by atoms with Crippen LogP contribution < -0.4 is 10.4 Å². The van der Waals surface area contributed by atoms with Crippen molar-refractivity contribution in [3.8, 4) is 0 Å². The highest BCUT2D eigenvalue weighted by atomic mass is 16.7. The van der Waals surface area contributed by atoms with Crippen LogP contribution in [0.3, 0.4) is 0 Å². The SMILES string of the molecule is CCc1cc(B2OC(C)(C)C(C)(C)O2)cc2cnc(N(C(=O)O)C3CCC(N(C(=O)OC(C)(C)C)C(=O)OC(C)(C)C)CC3)nc12. The van der Waals surface area contributed by atoms with Crippen molar-refractivity contribution in [1.29, 1.82) is 0 Å². The number of hydrogen-bond acceptors (Lipinski definition) is 9. The summed E-state index contributed by atoms with van der Waals surface area (Å²) >= 11 is 0. The number of carboxylic acid groups (broad SMARTS) is 1. The number of hydrogen-bond donors (Lipinski definition) is 1. The summed E-state index contributed by atoms with van der Waals surface area (Å²) in [6.45, 7) is 20.4. The fourth-order valence-electron chi connectivity index (χ4n) is 5.71. The summed E-state index contributed by atoms with van der Waals surface area (Å²) < 4.78 is 23.6. The van der Waals surface area contributed by atoms with Gasteiger partial charge in [0.05, 0.1) is 16.7 Å². The largest absolute Gasteiger partial charge is 0.494 e. The fourth-order valence-corrected chi connectivity index (χ4v) is 5.71. The molecule has 1 aliphatic carbocycles. The van der Waals surface area contributed by atoms with Gasteiger partial charge in [-0.15, -0.1) is 0 Å². The van der Waals surface area contributed by atoms with Crippen LogP contribution in [0.25, 0.3) is 10.9 Å². The summed E-state index contributed by atoms with van der Waals surface area (Å²) in [5.74, 6) is 0.0812. The number of fused-ring (bicyclic) bond motifs is 1. The number of ether oxygens (including phenoxy) is 2. The van der Waals surface area contributed by atoms with Crippen molar-refractivity contribution >= 4 is 47.7 Å². The molecular formula is C33H49BN4O8. The van der Waals surface area contributed by atoms with Crippen molar-refractivity contribution in [3.05, 3.63) is 23.9 Å². The predicted molar refractivity (Wildman–Crippen MR) is 175 cm³/mol. The van der Waals surface area contributed by atoms with E-state index in [1.165, 1.54) is 4.90 Å². The van der Waals surface area contributed by atoms with E-state index in [4.69, 9.17) is 23.8 Å². The molecule has 1 aromatic heterocycles. The molecule has 2 heterocycles. The number of rotatable bonds is 5. The molecule has 46 heavy (non-hydrogen) atoms. The van der Waals surface area contributed by atoms with Crippen LogP contribution in [0.15, 0.2) is 18.3 Å². The van der Waals surface area contributed by atoms with Crippen molar-refractivity contribution in [3.63, 3.8) is 0 Å². The molecule has 0 unspecified atom stereocenters. The van der Waals surface area contributed by atoms with E-state index in [0.29, 0.717) is 37.6 Å². The molecule has 0 atom stereocenters. The Balaban J connectivity index is 1.58. The number of anilines is 1. The highest BCUT2D eigenvalue weighted by Crippen LogP contribution is 2.37. The zero-order valence-corrected chi connectivity index (χ0v) is 29.1. The second-order valence-corrected chi connectivity index (χ2v) is 15.2. The van der Waals surface area contributed by atoms with Gasteiger partial charge in [0.15, 0.2) is 0 Å². The van der Waals surface area contributed by atoms with Crippen LogP contribution in [0.1, 0.15) is 107 Å². The molecule has 4 rings (SSSR count). The number of aryl methyl sites for hydroxylation is 1. The number of amides is 3. The molecule has 252 valence electrons. The first-order chi connectivity index (χ1) is 21.1. The number of carbonyl (C=O) groups is 3. The minimum atomic E-state index is -1.18. The third kappa shape index (κ3) is 7.74. The first-order valence-electron chi connectivity index (χ1n) is 16.0. The van der Waals surface area contributed by atoms with Crippen molar-refractivity contribution in [2.24, 2.45) is 0 Å². The summed E-state index contributed by atoms with van der Waals surface area (Å²) in [6.07, 6.45) is 1.02. The molecule has 0 spiro atoms. The molecular weight excluding hydrogens is 591 g/mol. The first kappa shape index (κ1) is 35.4. The average Bonchev–Trinajstić information content (AvgIpc) is 3.13. The van der Waals surface area contributed by atoms with E-state index in [1.807, 2.05) is 46.8 Å². The van der Waals surface area contributed by atoms with Crippen molar-refractivity contribution in [1.82, 2.24) is 14.9 Å². The van der Waals surface area contributed by atoms with E-state index < -0.39 is 59.9 Å². The Labute approximate surface area is 272 Å². The van der Waals surface area contributed by atoms with Crippen molar-refractivity contribution in [2.45, 2.75) is 143 Å². The highest BCUT2D eigenvalue weighted by molar-refractivity contribution is 6.62. The minimum absolute atomic E-state index is 0.0812. The molecule has 1 saturated carbocycles. The summed E-state index contributed by atoms with van der Waals surface area (Å²) in [5, 5.41) is 11.1. The quantitative estimate of drug-likeness (QED) is 0.362. The molecule has 1 aromatic carbocycles. The molecule has 3 amide bonds. The maximum Gasteiger partial charge on any atom is 0.494 e. The second-order valence-electron chi connectivity index (χ2n) is 15.2. The van der Waals surface area contributed by atoms with Gasteiger partial charge in [-0.05, 0) is 112 Å². The Morgan fingerprint density at radius 1 is 0.913 bits per heavy atom. The topological polar surface area (TPSA) is 141 Å². The molecule has 1 N–H and O–H groups in total. The number of nitrogens with zero attached hydrogens (tertiary/aromatic N) is 4. The Bertz CT molecular complexity index is 1430. The number of imide groups is 1. The van der Waals surface area contributed by atoms with Crippen LogP contribution in [0.5, 0.6) is 0 Å². The Morgan fingerprint density at radius 3 is 1.87 bits per heavy atom. The smallest absolute Gasteiger partial charge is 0.465 e. The van der Waals surface area contributed by atoms with Crippen LogP contribution in [0, 0.1) is 0 Å². The van der Waals surface area contributed by atoms with Crippen LogP contribution in [0.4, 0.5) is 20.3 Å². The van der Waals surface area contributed by atoms with Gasteiger partial charge in [0.1, 0.15) is 11.2 Å². The van der Waals surface area contributed by atoms with E-state index >= 15 is 0 Å². The average molecular weight is 641 g/mol. The highest BCUT2D eigenvalue weighted by Gasteiger charge is 2.52. The van der Waals surface area contributed by atoms with E-state index in [9.17, 15) is 19.5 Å². The first-order valence-corrected chi connectivity index (χ1v) is 16.0. The van der Waals surface area contributed by atoms with Gasteiger partial charge in [-0.1, -0.05) is 19.1 Å². The zero-order chi connectivity index (χ0) is 34.4. The molecule has 0 radical (unpaired) electrons. The molecule has 2 aliphatic rings. The van der Waals surface area contributed by atoms with Crippen LogP contribution in [-0.4, -0.2) is 79.9 Å². The van der Waals surface area contributed by atoms with Crippen LogP contribution in [-0.2, 0) is 25.2 Å². The lowest BCUT2D eigenvalue weighted by Crippen LogP contribution is -2.52. The zero-order valence-electron chi connectivity index (χ0n) is 29.1. The molecule has 2 fully saturated rings. The lowest BCUT2D eigenvalue weighted by Gasteiger charge is -2.38. The van der Waals surface area contributed by atoms with Crippen LogP contribution >= 0.6 is 0 Å². The Morgan fingerprint density at radius 2 is 1.41 bits per heavy atom. The lowest BCUT2D eigenvalue weighted by molar-refractivity contribution is -0.0112. The molecule has 1 aliphatic heterocycles. The van der Waals surface area contributed by atoms with Gasteiger partial charge in [-0.25, -0.2) is 34.2 Å². The maximum absolute atomic E-state index is 13.1. The Hall–Kier alpha value is -3.45. The lowest BCUT2D eigenvalue weighted by atomic mass is 9.77. The van der Waals surface area contributed by atoms with E-state index in [-0.39, 0.29) is 5.95 Å². The van der Waals surface area contributed by atoms with Gasteiger partial charge in [-0.3, -0.25) is 0 Å². The Kier molecular flexibility index (Phi) is 9.72. The van der Waals surface area contributed by atoms with Gasteiger partial charge < -0.3 is 23.9 Å². The second kappa shape index (κ2) is 12.6. The minimum Gasteiger partial charge on any atom is -0.465 e. The third-order valence-electron chi connectivity index (χ3n) is 8.68. The molecule has 2 aromatic rings. The summed E-state index contributed by atoms with van der Waals surface area (Å²) in [6, 6.07) is 2.95. The molecule has 13 heteroatoms. The van der Waals surface area contributed by atoms with Gasteiger partial charge in [0.25, 0.3) is 0 Å². The van der Waals surface area contributed by atoms with Gasteiger partial charge in [0.2, 0.25) is 5.95 Å². The maximum atomic E-state index is 13.1. The summed E-state index contributed by atoms with van der Waals surface area (Å²) in [5.41, 5.74) is -0.171. The van der Waals surface area contributed by atoms with Gasteiger partial charge in [0, 0.05) is 23.7 Å². The third-order valence-corrected chi connectivity index (χ3v) is 8.68. The van der Waals surface area contributed by atoms with E-state index in [0.717, 1.165) is 21.3 Å². The van der Waals surface area contributed by atoms with Gasteiger partial charge in [-0.2, -0.15) is 0 Å².